The van der Waals surface area contributed by atoms with Gasteiger partial charge in [-0.05, 0) is 100 Å². The molecule has 3 heterocycles. The molecule has 3 aliphatic carbocycles. The molecular formula is C47H67NO11. The summed E-state index contributed by atoms with van der Waals surface area (Å²) < 4.78 is 49.8. The van der Waals surface area contributed by atoms with Crippen LogP contribution < -0.4 is 0 Å². The highest BCUT2D eigenvalue weighted by atomic mass is 16.7. The monoisotopic (exact) mass is 821 g/mol. The van der Waals surface area contributed by atoms with Crippen LogP contribution in [-0.2, 0) is 47.5 Å². The van der Waals surface area contributed by atoms with Gasteiger partial charge in [0.1, 0.15) is 24.4 Å². The summed E-state index contributed by atoms with van der Waals surface area (Å²) in [5, 5.41) is 0. The number of likely N-dealkylation sites (N-methyl/N-ethyl adjacent to an activating group) is 1. The molecule has 1 amide bonds. The van der Waals surface area contributed by atoms with Gasteiger partial charge in [-0.3, -0.25) is 14.4 Å². The lowest BCUT2D eigenvalue weighted by Gasteiger charge is -2.44. The van der Waals surface area contributed by atoms with E-state index in [1.54, 1.807) is 26.2 Å². The van der Waals surface area contributed by atoms with E-state index in [-0.39, 0.29) is 102 Å². The van der Waals surface area contributed by atoms with E-state index in [0.29, 0.717) is 24.8 Å². The van der Waals surface area contributed by atoms with Gasteiger partial charge in [0, 0.05) is 52.2 Å². The van der Waals surface area contributed by atoms with Gasteiger partial charge in [-0.2, -0.15) is 0 Å². The number of carbonyl (C=O) groups excluding carboxylic acids is 3. The third kappa shape index (κ3) is 9.30. The molecule has 3 unspecified atom stereocenters. The maximum Gasteiger partial charge on any atom is 0.306 e. The molecule has 0 radical (unpaired) electrons. The molecular weight excluding hydrogens is 755 g/mol. The Hall–Kier alpha value is -2.97. The zero-order valence-corrected chi connectivity index (χ0v) is 36.2. The molecule has 3 saturated heterocycles. The second kappa shape index (κ2) is 19.4. The highest BCUT2D eigenvalue weighted by Crippen LogP contribution is 2.54. The number of ketones is 1. The predicted molar refractivity (Wildman–Crippen MR) is 219 cm³/mol. The molecule has 0 aromatic heterocycles. The minimum atomic E-state index is -0.617. The molecule has 326 valence electrons. The largest absolute Gasteiger partial charge is 0.462 e. The van der Waals surface area contributed by atoms with Crippen LogP contribution in [0.3, 0.4) is 0 Å². The smallest absolute Gasteiger partial charge is 0.306 e. The molecule has 1 aromatic rings. The van der Waals surface area contributed by atoms with Crippen LogP contribution in [0.1, 0.15) is 95.8 Å². The molecule has 12 heteroatoms. The van der Waals surface area contributed by atoms with Crippen LogP contribution in [0.2, 0.25) is 0 Å². The Bertz CT molecular complexity index is 1670. The van der Waals surface area contributed by atoms with Gasteiger partial charge in [0.15, 0.2) is 18.4 Å². The number of ether oxygens (including phenoxy) is 8. The molecule has 0 bridgehead atoms. The maximum atomic E-state index is 14.8. The van der Waals surface area contributed by atoms with Crippen LogP contribution in [-0.4, -0.2) is 118 Å². The van der Waals surface area contributed by atoms with E-state index in [4.69, 9.17) is 37.9 Å². The maximum absolute atomic E-state index is 14.8. The van der Waals surface area contributed by atoms with E-state index < -0.39 is 24.6 Å². The van der Waals surface area contributed by atoms with Crippen molar-refractivity contribution in [2.45, 2.75) is 153 Å². The second-order valence-corrected chi connectivity index (χ2v) is 17.8. The van der Waals surface area contributed by atoms with Gasteiger partial charge < -0.3 is 42.8 Å². The topological polar surface area (TPSA) is 128 Å². The number of Topliss-reactive ketones (excluding diaryl/α,β-unsaturated/α-hetero) is 1. The average Bonchev–Trinajstić information content (AvgIpc) is 3.82. The summed E-state index contributed by atoms with van der Waals surface area (Å²) in [6, 6.07) is 9.20. The fourth-order valence-corrected chi connectivity index (χ4v) is 11.2. The average molecular weight is 822 g/mol. The Labute approximate surface area is 350 Å². The van der Waals surface area contributed by atoms with Crippen LogP contribution in [0, 0.1) is 35.5 Å². The van der Waals surface area contributed by atoms with Crippen LogP contribution in [0.15, 0.2) is 54.1 Å². The number of esters is 1. The van der Waals surface area contributed by atoms with Crippen molar-refractivity contribution in [3.63, 3.8) is 0 Å². The van der Waals surface area contributed by atoms with Crippen LogP contribution in [0.4, 0.5) is 0 Å². The first-order valence-corrected chi connectivity index (χ1v) is 22.1. The molecule has 59 heavy (non-hydrogen) atoms. The first-order valence-electron chi connectivity index (χ1n) is 22.1. The summed E-state index contributed by atoms with van der Waals surface area (Å²) in [5.74, 6) is -0.378. The standard InChI is InChI=1S/C47H67NO11/c1-9-31-16-13-17-39(59-41-21-20-38(27(3)55-41)48(5)46(51)29-14-11-10-12-15-29)26(2)42(50)37-24-35-33(36(37)25-40(49)57-31)19-18-30-22-32(23-34(30)35)58-47-45(54-8)44(53-7)43(52-6)28(4)56-47/h10-12,14-15,18-19,24,26-28,30-36,38-39,41,43-45,47H,9,13,16-17,20-23,25H2,1-8H3/t26-,27?,28?,30-,31+,32-,33-,34-,35-,36+,38+,39+,41+,43+,44?,45+,47+/m1/s1. The van der Waals surface area contributed by atoms with Gasteiger partial charge in [-0.25, -0.2) is 0 Å². The van der Waals surface area contributed by atoms with Crippen LogP contribution >= 0.6 is 0 Å². The van der Waals surface area contributed by atoms with Crippen molar-refractivity contribution in [2.75, 3.05) is 28.4 Å². The number of allylic oxidation sites excluding steroid dienone is 4. The number of hydrogen-bond donors (Lipinski definition) is 0. The second-order valence-electron chi connectivity index (χ2n) is 17.8. The number of nitrogens with zero attached hydrogens (tertiary/aromatic N) is 1. The van der Waals surface area contributed by atoms with E-state index in [2.05, 4.69) is 25.2 Å². The van der Waals surface area contributed by atoms with Crippen molar-refractivity contribution in [1.29, 1.82) is 0 Å². The van der Waals surface area contributed by atoms with Gasteiger partial charge in [0.2, 0.25) is 0 Å². The van der Waals surface area contributed by atoms with Gasteiger partial charge >= 0.3 is 5.97 Å². The van der Waals surface area contributed by atoms with Gasteiger partial charge in [0.05, 0.1) is 36.9 Å². The number of cyclic esters (lactones) is 1. The molecule has 0 spiro atoms. The summed E-state index contributed by atoms with van der Waals surface area (Å²) in [4.78, 5) is 43.5. The molecule has 1 aromatic carbocycles. The minimum absolute atomic E-state index is 0.00383. The zero-order chi connectivity index (χ0) is 42.0. The number of rotatable bonds is 10. The fourth-order valence-electron chi connectivity index (χ4n) is 11.2. The van der Waals surface area contributed by atoms with Crippen molar-refractivity contribution in [1.82, 2.24) is 4.90 Å². The Morgan fingerprint density at radius 2 is 1.58 bits per heavy atom. The zero-order valence-electron chi connectivity index (χ0n) is 36.2. The number of fused-ring (bicyclic) bond motifs is 5. The first kappa shape index (κ1) is 44.1. The lowest BCUT2D eigenvalue weighted by atomic mass is 9.70. The third-order valence-electron chi connectivity index (χ3n) is 14.4. The van der Waals surface area contributed by atoms with Crippen LogP contribution in [0.25, 0.3) is 0 Å². The van der Waals surface area contributed by atoms with E-state index in [1.165, 1.54) is 0 Å². The van der Waals surface area contributed by atoms with Gasteiger partial charge in [0.25, 0.3) is 5.91 Å². The quantitative estimate of drug-likeness (QED) is 0.185. The lowest BCUT2D eigenvalue weighted by molar-refractivity contribution is -0.314. The Morgan fingerprint density at radius 3 is 2.27 bits per heavy atom. The number of amides is 1. The van der Waals surface area contributed by atoms with E-state index in [0.717, 1.165) is 37.7 Å². The normalized spacial score (nSPS) is 41.4. The van der Waals surface area contributed by atoms with Crippen molar-refractivity contribution in [3.8, 4) is 0 Å². The summed E-state index contributed by atoms with van der Waals surface area (Å²) in [6.45, 7) is 7.99. The first-order chi connectivity index (χ1) is 28.5. The molecule has 0 N–H and O–H groups in total. The van der Waals surface area contributed by atoms with E-state index >= 15 is 0 Å². The number of carbonyl (C=O) groups is 3. The number of methoxy groups -OCH3 is 3. The Kier molecular flexibility index (Phi) is 14.5. The highest BCUT2D eigenvalue weighted by molar-refractivity contribution is 5.99. The van der Waals surface area contributed by atoms with Crippen molar-refractivity contribution >= 4 is 17.7 Å². The Balaban J connectivity index is 1.06. The van der Waals surface area contributed by atoms with Gasteiger partial charge in [-0.1, -0.05) is 50.3 Å². The van der Waals surface area contributed by atoms with E-state index in [1.807, 2.05) is 58.2 Å². The molecule has 4 fully saturated rings. The third-order valence-corrected chi connectivity index (χ3v) is 14.4. The summed E-state index contributed by atoms with van der Waals surface area (Å²) in [7, 11) is 6.78. The van der Waals surface area contributed by atoms with Crippen molar-refractivity contribution in [3.05, 3.63) is 59.7 Å². The predicted octanol–water partition coefficient (Wildman–Crippen LogP) is 6.70. The molecule has 1 saturated carbocycles. The fraction of sp³-hybridized carbons (Fsp3) is 0.723. The Morgan fingerprint density at radius 1 is 0.831 bits per heavy atom. The van der Waals surface area contributed by atoms with Crippen molar-refractivity contribution < 1.29 is 52.3 Å². The minimum Gasteiger partial charge on any atom is -0.462 e. The molecule has 7 rings (SSSR count). The number of hydrogen-bond acceptors (Lipinski definition) is 11. The SMILES string of the molecule is CC[C@H]1CCC[C@H](O[C@H]2CC[C@H](N(C)C(=O)c3ccccc3)C(C)O2)[C@@H](C)C(=O)C2=C[C@@H]3[C@@H](C=C[C@@H]4C[C@@H](O[C@@H]5OC(C)[C@H](OC)C(OC)[C@@H]5OC)C[C@@H]34)[C@@H]2CC(=O)O1. The highest BCUT2D eigenvalue weighted by Gasteiger charge is 2.53. The lowest BCUT2D eigenvalue weighted by Crippen LogP contribution is -2.59. The molecule has 17 atom stereocenters. The van der Waals surface area contributed by atoms with Crippen molar-refractivity contribution in [2.24, 2.45) is 35.5 Å². The summed E-state index contributed by atoms with van der Waals surface area (Å²) in [6.07, 6.45) is 9.27. The molecule has 3 aliphatic heterocycles. The van der Waals surface area contributed by atoms with E-state index in [9.17, 15) is 14.4 Å². The molecule has 6 aliphatic rings. The summed E-state index contributed by atoms with van der Waals surface area (Å²) >= 11 is 0. The number of benzene rings is 1. The van der Waals surface area contributed by atoms with Crippen LogP contribution in [0.5, 0.6) is 0 Å². The summed E-state index contributed by atoms with van der Waals surface area (Å²) in [5.41, 5.74) is 1.37. The molecule has 12 nitrogen and oxygen atoms in total. The van der Waals surface area contributed by atoms with Gasteiger partial charge in [-0.15, -0.1) is 0 Å².